The Bertz CT molecular complexity index is 931. The van der Waals surface area contributed by atoms with E-state index in [2.05, 4.69) is 15.0 Å². The van der Waals surface area contributed by atoms with Crippen LogP contribution >= 0.6 is 0 Å². The van der Waals surface area contributed by atoms with Crippen LogP contribution in [-0.4, -0.2) is 48.2 Å². The van der Waals surface area contributed by atoms with E-state index < -0.39 is 11.9 Å². The maximum absolute atomic E-state index is 12.4. The summed E-state index contributed by atoms with van der Waals surface area (Å²) < 4.78 is 14.9. The van der Waals surface area contributed by atoms with Gasteiger partial charge in [0, 0.05) is 11.8 Å². The SMILES string of the molecule is COC(=O)c1ccc(-c2nc3ccncc3[nH]2)c(C(=O)OC)c1OC. The third-order valence-electron chi connectivity index (χ3n) is 3.70. The lowest BCUT2D eigenvalue weighted by Crippen LogP contribution is -2.12. The smallest absolute Gasteiger partial charge is 0.342 e. The molecular formula is C17H15N3O5. The largest absolute Gasteiger partial charge is 0.495 e. The summed E-state index contributed by atoms with van der Waals surface area (Å²) >= 11 is 0. The van der Waals surface area contributed by atoms with Crippen molar-refractivity contribution in [1.29, 1.82) is 0 Å². The fourth-order valence-corrected chi connectivity index (χ4v) is 2.55. The van der Waals surface area contributed by atoms with E-state index in [-0.39, 0.29) is 16.9 Å². The number of aromatic nitrogens is 3. The third-order valence-corrected chi connectivity index (χ3v) is 3.70. The summed E-state index contributed by atoms with van der Waals surface area (Å²) in [5.74, 6) is -0.786. The van der Waals surface area contributed by atoms with E-state index in [9.17, 15) is 9.59 Å². The second kappa shape index (κ2) is 6.60. The summed E-state index contributed by atoms with van der Waals surface area (Å²) in [6, 6.07) is 4.84. The number of hydrogen-bond donors (Lipinski definition) is 1. The van der Waals surface area contributed by atoms with Crippen molar-refractivity contribution in [3.63, 3.8) is 0 Å². The van der Waals surface area contributed by atoms with Gasteiger partial charge in [-0.15, -0.1) is 0 Å². The number of nitrogens with zero attached hydrogens (tertiary/aromatic N) is 2. The zero-order chi connectivity index (χ0) is 18.0. The third kappa shape index (κ3) is 2.78. The molecule has 0 atom stereocenters. The van der Waals surface area contributed by atoms with E-state index in [1.165, 1.54) is 27.4 Å². The van der Waals surface area contributed by atoms with Crippen LogP contribution in [0.1, 0.15) is 20.7 Å². The van der Waals surface area contributed by atoms with Crippen LogP contribution in [0.5, 0.6) is 5.75 Å². The minimum atomic E-state index is -0.656. The van der Waals surface area contributed by atoms with Gasteiger partial charge >= 0.3 is 11.9 Å². The zero-order valence-corrected chi connectivity index (χ0v) is 13.8. The van der Waals surface area contributed by atoms with E-state index >= 15 is 0 Å². The van der Waals surface area contributed by atoms with E-state index in [0.29, 0.717) is 22.4 Å². The second-order valence-corrected chi connectivity index (χ2v) is 5.03. The van der Waals surface area contributed by atoms with Gasteiger partial charge in [-0.3, -0.25) is 4.98 Å². The molecule has 0 bridgehead atoms. The first kappa shape index (κ1) is 16.4. The number of carbonyl (C=O) groups excluding carboxylic acids is 2. The van der Waals surface area contributed by atoms with Gasteiger partial charge in [0.2, 0.25) is 0 Å². The number of fused-ring (bicyclic) bond motifs is 1. The van der Waals surface area contributed by atoms with E-state index in [4.69, 9.17) is 14.2 Å². The van der Waals surface area contributed by atoms with Crippen LogP contribution in [-0.2, 0) is 9.47 Å². The van der Waals surface area contributed by atoms with Gasteiger partial charge in [-0.25, -0.2) is 14.6 Å². The number of hydrogen-bond acceptors (Lipinski definition) is 7. The lowest BCUT2D eigenvalue weighted by atomic mass is 10.0. The Kier molecular flexibility index (Phi) is 4.34. The standard InChI is InChI=1S/C17H15N3O5/c1-23-14-10(16(21)24-2)5-4-9(13(14)17(22)25-3)15-19-11-6-7-18-8-12(11)20-15/h4-8H,1-3H3,(H,19,20). The minimum absolute atomic E-state index is 0.0646. The first-order chi connectivity index (χ1) is 12.1. The van der Waals surface area contributed by atoms with Crippen molar-refractivity contribution >= 4 is 23.0 Å². The lowest BCUT2D eigenvalue weighted by molar-refractivity contribution is 0.0592. The molecule has 0 saturated carbocycles. The molecule has 0 radical (unpaired) electrons. The number of H-pyrrole nitrogens is 1. The molecule has 0 aliphatic heterocycles. The Morgan fingerprint density at radius 2 is 1.80 bits per heavy atom. The van der Waals surface area contributed by atoms with Crippen molar-refractivity contribution in [2.75, 3.05) is 21.3 Å². The number of rotatable bonds is 4. The summed E-state index contributed by atoms with van der Waals surface area (Å²) in [4.78, 5) is 35.9. The molecular weight excluding hydrogens is 326 g/mol. The number of benzene rings is 1. The Hall–Kier alpha value is -3.42. The van der Waals surface area contributed by atoms with Gasteiger partial charge in [0.25, 0.3) is 0 Å². The number of esters is 2. The Morgan fingerprint density at radius 3 is 2.44 bits per heavy atom. The highest BCUT2D eigenvalue weighted by Gasteiger charge is 2.26. The zero-order valence-electron chi connectivity index (χ0n) is 13.8. The van der Waals surface area contributed by atoms with E-state index in [1.807, 2.05) is 0 Å². The number of imidazole rings is 1. The first-order valence-electron chi connectivity index (χ1n) is 7.28. The van der Waals surface area contributed by atoms with Crippen molar-refractivity contribution in [3.8, 4) is 17.1 Å². The molecule has 3 rings (SSSR count). The monoisotopic (exact) mass is 341 g/mol. The predicted octanol–water partition coefficient (Wildman–Crippen LogP) is 2.21. The van der Waals surface area contributed by atoms with Gasteiger partial charge in [0.05, 0.1) is 38.6 Å². The fraction of sp³-hybridized carbons (Fsp3) is 0.176. The van der Waals surface area contributed by atoms with Crippen molar-refractivity contribution in [2.45, 2.75) is 0 Å². The molecule has 0 fully saturated rings. The number of aromatic amines is 1. The highest BCUT2D eigenvalue weighted by atomic mass is 16.5. The number of pyridine rings is 1. The molecule has 128 valence electrons. The normalized spacial score (nSPS) is 10.5. The molecule has 1 N–H and O–H groups in total. The van der Waals surface area contributed by atoms with Gasteiger partial charge in [-0.2, -0.15) is 0 Å². The van der Waals surface area contributed by atoms with Crippen LogP contribution in [0.2, 0.25) is 0 Å². The van der Waals surface area contributed by atoms with Crippen molar-refractivity contribution in [3.05, 3.63) is 41.7 Å². The van der Waals surface area contributed by atoms with Crippen LogP contribution in [0, 0.1) is 0 Å². The van der Waals surface area contributed by atoms with Crippen LogP contribution in [0.15, 0.2) is 30.6 Å². The first-order valence-corrected chi connectivity index (χ1v) is 7.28. The van der Waals surface area contributed by atoms with Crippen LogP contribution in [0.3, 0.4) is 0 Å². The van der Waals surface area contributed by atoms with E-state index in [1.54, 1.807) is 24.5 Å². The number of ether oxygens (including phenoxy) is 3. The molecule has 3 aromatic rings. The maximum Gasteiger partial charge on any atom is 0.342 e. The molecule has 0 aliphatic carbocycles. The Balaban J connectivity index is 2.28. The number of carbonyl (C=O) groups is 2. The summed E-state index contributed by atoms with van der Waals surface area (Å²) in [6.45, 7) is 0. The lowest BCUT2D eigenvalue weighted by Gasteiger charge is -2.14. The summed E-state index contributed by atoms with van der Waals surface area (Å²) in [5, 5.41) is 0. The number of methoxy groups -OCH3 is 3. The van der Waals surface area contributed by atoms with Crippen LogP contribution in [0.4, 0.5) is 0 Å². The predicted molar refractivity (Wildman–Crippen MR) is 88.6 cm³/mol. The van der Waals surface area contributed by atoms with Gasteiger partial charge in [0.15, 0.2) is 0 Å². The second-order valence-electron chi connectivity index (χ2n) is 5.03. The molecule has 1 aromatic carbocycles. The van der Waals surface area contributed by atoms with Crippen LogP contribution in [0.25, 0.3) is 22.4 Å². The van der Waals surface area contributed by atoms with Gasteiger partial charge in [-0.05, 0) is 18.2 Å². The molecule has 8 nitrogen and oxygen atoms in total. The molecule has 0 unspecified atom stereocenters. The Labute approximate surface area is 142 Å². The quantitative estimate of drug-likeness (QED) is 0.726. The minimum Gasteiger partial charge on any atom is -0.495 e. The van der Waals surface area contributed by atoms with Gasteiger partial charge in [-0.1, -0.05) is 0 Å². The topological polar surface area (TPSA) is 103 Å². The van der Waals surface area contributed by atoms with Crippen molar-refractivity contribution < 1.29 is 23.8 Å². The summed E-state index contributed by atoms with van der Waals surface area (Å²) in [5.41, 5.74) is 2.04. The van der Waals surface area contributed by atoms with Crippen LogP contribution < -0.4 is 4.74 Å². The van der Waals surface area contributed by atoms with Crippen molar-refractivity contribution in [2.24, 2.45) is 0 Å². The van der Waals surface area contributed by atoms with Crippen molar-refractivity contribution in [1.82, 2.24) is 15.0 Å². The molecule has 2 heterocycles. The fourth-order valence-electron chi connectivity index (χ4n) is 2.55. The average Bonchev–Trinajstić information content (AvgIpc) is 3.09. The molecule has 0 amide bonds. The summed E-state index contributed by atoms with van der Waals surface area (Å²) in [6.07, 6.45) is 3.25. The average molecular weight is 341 g/mol. The van der Waals surface area contributed by atoms with Gasteiger partial charge < -0.3 is 19.2 Å². The summed E-state index contributed by atoms with van der Waals surface area (Å²) in [7, 11) is 3.86. The molecule has 0 spiro atoms. The molecule has 25 heavy (non-hydrogen) atoms. The molecule has 8 heteroatoms. The number of nitrogens with one attached hydrogen (secondary N) is 1. The molecule has 2 aromatic heterocycles. The Morgan fingerprint density at radius 1 is 1.04 bits per heavy atom. The molecule has 0 saturated heterocycles. The van der Waals surface area contributed by atoms with Gasteiger partial charge in [0.1, 0.15) is 22.7 Å². The van der Waals surface area contributed by atoms with E-state index in [0.717, 1.165) is 0 Å². The molecule has 0 aliphatic rings. The highest BCUT2D eigenvalue weighted by molar-refractivity contribution is 6.05. The highest BCUT2D eigenvalue weighted by Crippen LogP contribution is 2.34. The maximum atomic E-state index is 12.4.